The maximum absolute atomic E-state index is 12.6. The molecule has 0 atom stereocenters. The molecule has 0 amide bonds. The molecule has 28 heavy (non-hydrogen) atoms. The average Bonchev–Trinajstić information content (AvgIpc) is 3.16. The predicted molar refractivity (Wildman–Crippen MR) is 106 cm³/mol. The van der Waals surface area contributed by atoms with Crippen LogP contribution in [0.5, 0.6) is 0 Å². The van der Waals surface area contributed by atoms with E-state index >= 15 is 0 Å². The lowest BCUT2D eigenvalue weighted by atomic mass is 10.1. The van der Waals surface area contributed by atoms with Crippen LogP contribution in [-0.4, -0.2) is 23.3 Å². The lowest BCUT2D eigenvalue weighted by Gasteiger charge is -2.07. The number of halogens is 1. The van der Waals surface area contributed by atoms with E-state index in [-0.39, 0.29) is 18.0 Å². The summed E-state index contributed by atoms with van der Waals surface area (Å²) >= 11 is 5.82. The number of oxazole rings is 1. The SMILES string of the molecule is O=C(COC(=O)c1ccccc1-c1nc2ccccc2o1)c1ccc(Cl)cc1. The summed E-state index contributed by atoms with van der Waals surface area (Å²) in [6.07, 6.45) is 0. The largest absolute Gasteiger partial charge is 0.454 e. The first kappa shape index (κ1) is 17.9. The Labute approximate surface area is 165 Å². The van der Waals surface area contributed by atoms with Crippen molar-refractivity contribution in [2.45, 2.75) is 0 Å². The number of para-hydroxylation sites is 2. The highest BCUT2D eigenvalue weighted by Gasteiger charge is 2.19. The van der Waals surface area contributed by atoms with Gasteiger partial charge in [0.05, 0.1) is 11.1 Å². The molecule has 138 valence electrons. The van der Waals surface area contributed by atoms with Crippen LogP contribution in [0.15, 0.2) is 77.2 Å². The summed E-state index contributed by atoms with van der Waals surface area (Å²) in [5.41, 5.74) is 2.52. The second-order valence-corrected chi connectivity index (χ2v) is 6.47. The molecule has 0 saturated carbocycles. The van der Waals surface area contributed by atoms with Gasteiger partial charge in [-0.2, -0.15) is 0 Å². The average molecular weight is 392 g/mol. The molecule has 4 rings (SSSR count). The maximum Gasteiger partial charge on any atom is 0.339 e. The van der Waals surface area contributed by atoms with Gasteiger partial charge in [0, 0.05) is 10.6 Å². The van der Waals surface area contributed by atoms with Gasteiger partial charge in [0.1, 0.15) is 5.52 Å². The first-order valence-corrected chi connectivity index (χ1v) is 8.90. The van der Waals surface area contributed by atoms with Crippen LogP contribution in [0.3, 0.4) is 0 Å². The van der Waals surface area contributed by atoms with Gasteiger partial charge in [0.15, 0.2) is 18.0 Å². The van der Waals surface area contributed by atoms with Crippen molar-refractivity contribution >= 4 is 34.5 Å². The Hall–Kier alpha value is -3.44. The zero-order valence-electron chi connectivity index (χ0n) is 14.6. The predicted octanol–water partition coefficient (Wildman–Crippen LogP) is 5.19. The van der Waals surface area contributed by atoms with Gasteiger partial charge in [0.25, 0.3) is 0 Å². The molecule has 0 aliphatic rings. The molecule has 0 bridgehead atoms. The van der Waals surface area contributed by atoms with E-state index in [2.05, 4.69) is 4.98 Å². The van der Waals surface area contributed by atoms with Crippen molar-refractivity contribution in [1.29, 1.82) is 0 Å². The number of hydrogen-bond donors (Lipinski definition) is 0. The molecule has 0 aliphatic carbocycles. The molecular weight excluding hydrogens is 378 g/mol. The summed E-state index contributed by atoms with van der Waals surface area (Å²) in [4.78, 5) is 29.2. The maximum atomic E-state index is 12.6. The summed E-state index contributed by atoms with van der Waals surface area (Å²) in [5, 5.41) is 0.529. The normalized spacial score (nSPS) is 10.8. The van der Waals surface area contributed by atoms with Crippen LogP contribution >= 0.6 is 11.6 Å². The Morgan fingerprint density at radius 1 is 0.929 bits per heavy atom. The molecule has 6 heteroatoms. The van der Waals surface area contributed by atoms with E-state index in [0.717, 1.165) is 0 Å². The Morgan fingerprint density at radius 2 is 1.64 bits per heavy atom. The number of aromatic nitrogens is 1. The summed E-state index contributed by atoms with van der Waals surface area (Å²) < 4.78 is 11.0. The van der Waals surface area contributed by atoms with Gasteiger partial charge in [-0.05, 0) is 48.5 Å². The van der Waals surface area contributed by atoms with Crippen molar-refractivity contribution in [3.8, 4) is 11.5 Å². The summed E-state index contributed by atoms with van der Waals surface area (Å²) in [6, 6.07) is 20.6. The molecule has 0 spiro atoms. The lowest BCUT2D eigenvalue weighted by Crippen LogP contribution is -2.15. The van der Waals surface area contributed by atoms with E-state index in [1.165, 1.54) is 0 Å². The third kappa shape index (κ3) is 3.66. The fraction of sp³-hybridized carbons (Fsp3) is 0.0455. The van der Waals surface area contributed by atoms with E-state index < -0.39 is 5.97 Å². The molecular formula is C22H14ClNO4. The number of fused-ring (bicyclic) bond motifs is 1. The van der Waals surface area contributed by atoms with Gasteiger partial charge in [0.2, 0.25) is 5.89 Å². The standard InChI is InChI=1S/C22H14ClNO4/c23-15-11-9-14(10-12-15)19(25)13-27-22(26)17-6-2-1-5-16(17)21-24-18-7-3-4-8-20(18)28-21/h1-12H,13H2. The van der Waals surface area contributed by atoms with Gasteiger partial charge in [-0.3, -0.25) is 4.79 Å². The molecule has 1 aromatic heterocycles. The lowest BCUT2D eigenvalue weighted by molar-refractivity contribution is 0.0475. The van der Waals surface area contributed by atoms with Crippen LogP contribution in [0.4, 0.5) is 0 Å². The van der Waals surface area contributed by atoms with Crippen LogP contribution in [0.25, 0.3) is 22.6 Å². The molecule has 1 heterocycles. The number of ether oxygens (including phenoxy) is 1. The molecule has 4 aromatic rings. The van der Waals surface area contributed by atoms with Crippen LogP contribution in [-0.2, 0) is 4.74 Å². The van der Waals surface area contributed by atoms with E-state index in [4.69, 9.17) is 20.8 Å². The number of esters is 1. The summed E-state index contributed by atoms with van der Waals surface area (Å²) in [7, 11) is 0. The number of carbonyl (C=O) groups excluding carboxylic acids is 2. The first-order chi connectivity index (χ1) is 13.6. The zero-order chi connectivity index (χ0) is 19.5. The fourth-order valence-electron chi connectivity index (χ4n) is 2.76. The van der Waals surface area contributed by atoms with Gasteiger partial charge >= 0.3 is 5.97 Å². The van der Waals surface area contributed by atoms with Crippen LogP contribution in [0.1, 0.15) is 20.7 Å². The third-order valence-electron chi connectivity index (χ3n) is 4.17. The van der Waals surface area contributed by atoms with Crippen molar-refractivity contribution < 1.29 is 18.7 Å². The topological polar surface area (TPSA) is 69.4 Å². The second-order valence-electron chi connectivity index (χ2n) is 6.04. The Morgan fingerprint density at radius 3 is 2.43 bits per heavy atom. The van der Waals surface area contributed by atoms with E-state index in [9.17, 15) is 9.59 Å². The van der Waals surface area contributed by atoms with Gasteiger partial charge in [-0.1, -0.05) is 35.9 Å². The number of ketones is 1. The Balaban J connectivity index is 1.55. The van der Waals surface area contributed by atoms with E-state index in [0.29, 0.717) is 33.1 Å². The van der Waals surface area contributed by atoms with Crippen molar-refractivity contribution in [3.63, 3.8) is 0 Å². The van der Waals surface area contributed by atoms with E-state index in [1.54, 1.807) is 54.6 Å². The van der Waals surface area contributed by atoms with E-state index in [1.807, 2.05) is 18.2 Å². The van der Waals surface area contributed by atoms with Gasteiger partial charge < -0.3 is 9.15 Å². The van der Waals surface area contributed by atoms with Gasteiger partial charge in [-0.15, -0.1) is 0 Å². The molecule has 0 unspecified atom stereocenters. The van der Waals surface area contributed by atoms with Crippen LogP contribution in [0, 0.1) is 0 Å². The fourth-order valence-corrected chi connectivity index (χ4v) is 2.89. The van der Waals surface area contributed by atoms with Gasteiger partial charge in [-0.25, -0.2) is 9.78 Å². The number of carbonyl (C=O) groups is 2. The van der Waals surface area contributed by atoms with Crippen molar-refractivity contribution in [2.75, 3.05) is 6.61 Å². The molecule has 5 nitrogen and oxygen atoms in total. The quantitative estimate of drug-likeness (QED) is 0.346. The first-order valence-electron chi connectivity index (χ1n) is 8.53. The molecule has 0 saturated heterocycles. The monoisotopic (exact) mass is 391 g/mol. The molecule has 3 aromatic carbocycles. The second kappa shape index (κ2) is 7.66. The van der Waals surface area contributed by atoms with Crippen LogP contribution < -0.4 is 0 Å². The summed E-state index contributed by atoms with van der Waals surface area (Å²) in [5.74, 6) is -0.623. The third-order valence-corrected chi connectivity index (χ3v) is 4.42. The summed E-state index contributed by atoms with van der Waals surface area (Å²) in [6.45, 7) is -0.373. The van der Waals surface area contributed by atoms with Crippen molar-refractivity contribution in [1.82, 2.24) is 4.98 Å². The highest BCUT2D eigenvalue weighted by molar-refractivity contribution is 6.30. The number of hydrogen-bond acceptors (Lipinski definition) is 5. The number of benzene rings is 3. The Bertz CT molecular complexity index is 1130. The number of Topliss-reactive ketones (excluding diaryl/α,β-unsaturated/α-hetero) is 1. The minimum Gasteiger partial charge on any atom is -0.454 e. The zero-order valence-corrected chi connectivity index (χ0v) is 15.3. The minimum atomic E-state index is -0.625. The number of rotatable bonds is 5. The van der Waals surface area contributed by atoms with Crippen molar-refractivity contribution in [3.05, 3.63) is 88.9 Å². The molecule has 0 fully saturated rings. The molecule has 0 N–H and O–H groups in total. The highest BCUT2D eigenvalue weighted by atomic mass is 35.5. The highest BCUT2D eigenvalue weighted by Crippen LogP contribution is 2.27. The molecule has 0 aliphatic heterocycles. The molecule has 0 radical (unpaired) electrons. The smallest absolute Gasteiger partial charge is 0.339 e. The minimum absolute atomic E-state index is 0.276. The number of nitrogens with zero attached hydrogens (tertiary/aromatic N) is 1. The Kier molecular flexibility index (Phi) is 4.91. The van der Waals surface area contributed by atoms with Crippen molar-refractivity contribution in [2.24, 2.45) is 0 Å². The van der Waals surface area contributed by atoms with Crippen LogP contribution in [0.2, 0.25) is 5.02 Å².